The molecule has 0 aromatic heterocycles. The summed E-state index contributed by atoms with van der Waals surface area (Å²) in [5.41, 5.74) is 0.508. The van der Waals surface area contributed by atoms with Gasteiger partial charge in [0, 0.05) is 11.8 Å². The topological polar surface area (TPSA) is 24.4 Å². The van der Waals surface area contributed by atoms with Crippen LogP contribution in [0.5, 0.6) is 0 Å². The van der Waals surface area contributed by atoms with Crippen LogP contribution in [0.4, 0.5) is 0 Å². The molecule has 0 radical (unpaired) electrons. The molecule has 19 heavy (non-hydrogen) atoms. The molecule has 1 aliphatic heterocycles. The highest BCUT2D eigenvalue weighted by molar-refractivity contribution is 8.14. The second kappa shape index (κ2) is 7.01. The summed E-state index contributed by atoms with van der Waals surface area (Å²) < 4.78 is 0. The van der Waals surface area contributed by atoms with Crippen molar-refractivity contribution >= 4 is 16.9 Å². The Kier molecular flexibility index (Phi) is 5.61. The van der Waals surface area contributed by atoms with Crippen molar-refractivity contribution < 1.29 is 0 Å². The summed E-state index contributed by atoms with van der Waals surface area (Å²) in [5.74, 6) is 0.832. The molecule has 0 saturated heterocycles. The molecule has 2 aliphatic rings. The minimum absolute atomic E-state index is 0.508. The molecule has 0 spiro atoms. The Morgan fingerprint density at radius 2 is 1.95 bits per heavy atom. The van der Waals surface area contributed by atoms with Gasteiger partial charge in [-0.3, -0.25) is 4.99 Å². The molecule has 2 nitrogen and oxygen atoms in total. The Morgan fingerprint density at radius 1 is 1.26 bits per heavy atom. The van der Waals surface area contributed by atoms with Gasteiger partial charge in [-0.1, -0.05) is 64.6 Å². The van der Waals surface area contributed by atoms with Crippen molar-refractivity contribution in [1.82, 2.24) is 5.32 Å². The van der Waals surface area contributed by atoms with Crippen LogP contribution in [0.1, 0.15) is 65.7 Å². The molecular weight excluding hydrogens is 252 g/mol. The summed E-state index contributed by atoms with van der Waals surface area (Å²) in [6.45, 7) is 9.20. The quantitative estimate of drug-likeness (QED) is 0.805. The van der Waals surface area contributed by atoms with Gasteiger partial charge in [0.05, 0.1) is 6.54 Å². The number of hydrogen-bond acceptors (Lipinski definition) is 3. The van der Waals surface area contributed by atoms with Crippen LogP contribution in [0, 0.1) is 11.3 Å². The summed E-state index contributed by atoms with van der Waals surface area (Å²) in [5, 5.41) is 5.57. The van der Waals surface area contributed by atoms with Gasteiger partial charge in [0.1, 0.15) is 0 Å². The molecular formula is C16H30N2S. The standard InChI is InChI=1S/C16H30N2S/c1-4-13(5-2)14-11-17-15(19-14)18-12-16(3)9-7-6-8-10-16/h13-14H,4-12H2,1-3H3,(H,17,18). The first-order valence-electron chi connectivity index (χ1n) is 8.12. The van der Waals surface area contributed by atoms with E-state index in [4.69, 9.17) is 4.99 Å². The van der Waals surface area contributed by atoms with Crippen molar-refractivity contribution in [1.29, 1.82) is 0 Å². The van der Waals surface area contributed by atoms with Gasteiger partial charge in [0.2, 0.25) is 0 Å². The van der Waals surface area contributed by atoms with E-state index in [0.717, 1.165) is 24.3 Å². The lowest BCUT2D eigenvalue weighted by molar-refractivity contribution is 0.218. The normalized spacial score (nSPS) is 26.5. The van der Waals surface area contributed by atoms with Crippen molar-refractivity contribution in [3.63, 3.8) is 0 Å². The molecule has 3 heteroatoms. The molecule has 0 bridgehead atoms. The zero-order valence-electron chi connectivity index (χ0n) is 12.9. The molecule has 0 amide bonds. The van der Waals surface area contributed by atoms with Crippen LogP contribution in [0.15, 0.2) is 4.99 Å². The molecule has 1 aliphatic carbocycles. The van der Waals surface area contributed by atoms with E-state index >= 15 is 0 Å². The predicted octanol–water partition coefficient (Wildman–Crippen LogP) is 4.45. The number of rotatable bonds is 5. The summed E-state index contributed by atoms with van der Waals surface area (Å²) in [4.78, 5) is 4.72. The van der Waals surface area contributed by atoms with Crippen molar-refractivity contribution in [3.05, 3.63) is 0 Å². The van der Waals surface area contributed by atoms with E-state index in [1.165, 1.54) is 50.1 Å². The second-order valence-electron chi connectivity index (χ2n) is 6.60. The van der Waals surface area contributed by atoms with Crippen LogP contribution in [-0.4, -0.2) is 23.5 Å². The van der Waals surface area contributed by atoms with Crippen LogP contribution in [0.25, 0.3) is 0 Å². The second-order valence-corrected chi connectivity index (χ2v) is 7.83. The number of aliphatic imine (C=N–C) groups is 1. The molecule has 1 heterocycles. The van der Waals surface area contributed by atoms with Crippen molar-refractivity contribution in [3.8, 4) is 0 Å². The molecule has 110 valence electrons. The van der Waals surface area contributed by atoms with Gasteiger partial charge < -0.3 is 5.32 Å². The monoisotopic (exact) mass is 282 g/mol. The molecule has 0 aromatic carbocycles. The van der Waals surface area contributed by atoms with E-state index in [1.807, 2.05) is 11.8 Å². The molecule has 1 saturated carbocycles. The minimum atomic E-state index is 0.508. The van der Waals surface area contributed by atoms with Gasteiger partial charge in [-0.05, 0) is 24.2 Å². The number of nitrogens with one attached hydrogen (secondary N) is 1. The molecule has 1 unspecified atom stereocenters. The summed E-state index contributed by atoms with van der Waals surface area (Å²) in [6.07, 6.45) is 9.59. The fourth-order valence-corrected chi connectivity index (χ4v) is 4.74. The SMILES string of the molecule is CCC(CC)C1CN=C(NCC2(C)CCCCC2)S1. The Hall–Kier alpha value is -0.180. The van der Waals surface area contributed by atoms with E-state index in [-0.39, 0.29) is 0 Å². The van der Waals surface area contributed by atoms with Gasteiger partial charge in [0.15, 0.2) is 5.17 Å². The Labute approximate surface area is 123 Å². The maximum atomic E-state index is 4.72. The van der Waals surface area contributed by atoms with Crippen molar-refractivity contribution in [2.45, 2.75) is 71.0 Å². The van der Waals surface area contributed by atoms with Crippen molar-refractivity contribution in [2.75, 3.05) is 13.1 Å². The third-order valence-corrected chi connectivity index (χ3v) is 6.31. The lowest BCUT2D eigenvalue weighted by Crippen LogP contribution is -2.35. The third-order valence-electron chi connectivity index (χ3n) is 4.98. The van der Waals surface area contributed by atoms with Crippen molar-refractivity contribution in [2.24, 2.45) is 16.3 Å². The van der Waals surface area contributed by atoms with E-state index in [2.05, 4.69) is 26.1 Å². The van der Waals surface area contributed by atoms with E-state index in [0.29, 0.717) is 5.41 Å². The highest BCUT2D eigenvalue weighted by atomic mass is 32.2. The Morgan fingerprint density at radius 3 is 2.58 bits per heavy atom. The fourth-order valence-electron chi connectivity index (χ4n) is 3.42. The zero-order chi connectivity index (χ0) is 13.7. The van der Waals surface area contributed by atoms with Crippen LogP contribution in [-0.2, 0) is 0 Å². The number of nitrogens with zero attached hydrogens (tertiary/aromatic N) is 1. The summed E-state index contributed by atoms with van der Waals surface area (Å²) in [7, 11) is 0. The lowest BCUT2D eigenvalue weighted by Gasteiger charge is -2.34. The maximum absolute atomic E-state index is 4.72. The Balaban J connectivity index is 1.75. The fraction of sp³-hybridized carbons (Fsp3) is 0.938. The smallest absolute Gasteiger partial charge is 0.156 e. The summed E-state index contributed by atoms with van der Waals surface area (Å²) in [6, 6.07) is 0. The van der Waals surface area contributed by atoms with Crippen LogP contribution < -0.4 is 5.32 Å². The predicted molar refractivity (Wildman–Crippen MR) is 86.9 cm³/mol. The number of hydrogen-bond donors (Lipinski definition) is 1. The first-order valence-corrected chi connectivity index (χ1v) is 9.00. The van der Waals surface area contributed by atoms with E-state index in [1.54, 1.807) is 0 Å². The lowest BCUT2D eigenvalue weighted by atomic mass is 9.76. The maximum Gasteiger partial charge on any atom is 0.156 e. The van der Waals surface area contributed by atoms with Gasteiger partial charge in [-0.2, -0.15) is 0 Å². The molecule has 0 aromatic rings. The van der Waals surface area contributed by atoms with E-state index in [9.17, 15) is 0 Å². The third kappa shape index (κ3) is 4.14. The Bertz CT molecular complexity index is 304. The first kappa shape index (κ1) is 15.2. The van der Waals surface area contributed by atoms with Gasteiger partial charge in [0.25, 0.3) is 0 Å². The van der Waals surface area contributed by atoms with Gasteiger partial charge in [-0.15, -0.1) is 0 Å². The number of amidine groups is 1. The first-order chi connectivity index (χ1) is 9.17. The van der Waals surface area contributed by atoms with Gasteiger partial charge in [-0.25, -0.2) is 0 Å². The van der Waals surface area contributed by atoms with Crippen LogP contribution >= 0.6 is 11.8 Å². The highest BCUT2D eigenvalue weighted by Gasteiger charge is 2.29. The van der Waals surface area contributed by atoms with Crippen LogP contribution in [0.3, 0.4) is 0 Å². The molecule has 1 N–H and O–H groups in total. The van der Waals surface area contributed by atoms with Gasteiger partial charge >= 0.3 is 0 Å². The van der Waals surface area contributed by atoms with Crippen LogP contribution in [0.2, 0.25) is 0 Å². The summed E-state index contributed by atoms with van der Waals surface area (Å²) >= 11 is 1.99. The average Bonchev–Trinajstić information content (AvgIpc) is 2.88. The molecule has 2 rings (SSSR count). The molecule has 1 atom stereocenters. The molecule has 1 fully saturated rings. The largest absolute Gasteiger partial charge is 0.364 e. The van der Waals surface area contributed by atoms with E-state index < -0.39 is 0 Å². The highest BCUT2D eigenvalue weighted by Crippen LogP contribution is 2.36. The minimum Gasteiger partial charge on any atom is -0.364 e. The number of thioether (sulfide) groups is 1. The zero-order valence-corrected chi connectivity index (χ0v) is 13.7. The average molecular weight is 282 g/mol.